The number of aromatic nitrogens is 1. The maximum Gasteiger partial charge on any atom is 0.461 e. The van der Waals surface area contributed by atoms with Gasteiger partial charge in [-0.25, -0.2) is 9.78 Å². The van der Waals surface area contributed by atoms with Crippen molar-refractivity contribution in [2.24, 2.45) is 17.3 Å². The third-order valence-corrected chi connectivity index (χ3v) is 10.0. The van der Waals surface area contributed by atoms with E-state index in [4.69, 9.17) is 14.0 Å². The Balaban J connectivity index is 1.33. The van der Waals surface area contributed by atoms with Crippen LogP contribution in [0, 0.1) is 17.3 Å². The van der Waals surface area contributed by atoms with E-state index in [1.807, 2.05) is 38.3 Å². The molecule has 2 aromatic heterocycles. The Morgan fingerprint density at radius 3 is 2.72 bits per heavy atom. The molecule has 9 heteroatoms. The van der Waals surface area contributed by atoms with Gasteiger partial charge in [0.25, 0.3) is 0 Å². The molecule has 4 fully saturated rings. The zero-order valence-electron chi connectivity index (χ0n) is 22.0. The molecule has 194 valence electrons. The Hall–Kier alpha value is -1.55. The predicted octanol–water partition coefficient (Wildman–Crippen LogP) is 6.00. The quantitative estimate of drug-likeness (QED) is 0.308. The van der Waals surface area contributed by atoms with Crippen LogP contribution in [0.25, 0.3) is 0 Å². The van der Waals surface area contributed by atoms with Crippen molar-refractivity contribution < 1.29 is 23.6 Å². The second-order valence-corrected chi connectivity index (χ2v) is 14.5. The van der Waals surface area contributed by atoms with E-state index in [1.165, 1.54) is 17.8 Å². The van der Waals surface area contributed by atoms with Gasteiger partial charge in [0.15, 0.2) is 5.69 Å². The van der Waals surface area contributed by atoms with E-state index >= 15 is 0 Å². The summed E-state index contributed by atoms with van der Waals surface area (Å²) in [5, 5.41) is 4.53. The van der Waals surface area contributed by atoms with Gasteiger partial charge in [0.1, 0.15) is 11.4 Å². The van der Waals surface area contributed by atoms with E-state index in [2.05, 4.69) is 25.8 Å². The molecule has 0 radical (unpaired) electrons. The summed E-state index contributed by atoms with van der Waals surface area (Å²) in [6.07, 6.45) is 3.52. The molecular weight excluding hydrogens is 493 g/mol. The number of hydrogen-bond donors (Lipinski definition) is 0. The van der Waals surface area contributed by atoms with Crippen LogP contribution in [0.2, 0.25) is 5.82 Å². The smallest absolute Gasteiger partial charge is 0.455 e. The first-order chi connectivity index (χ1) is 16.8. The minimum atomic E-state index is -0.580. The number of carbonyl (C=O) groups is 2. The van der Waals surface area contributed by atoms with Crippen LogP contribution in [-0.4, -0.2) is 41.2 Å². The summed E-state index contributed by atoms with van der Waals surface area (Å²) in [6.45, 7) is 12.4. The van der Waals surface area contributed by atoms with Gasteiger partial charge < -0.3 is 14.0 Å². The van der Waals surface area contributed by atoms with Crippen LogP contribution < -0.4 is 0 Å². The lowest BCUT2D eigenvalue weighted by Crippen LogP contribution is -2.63. The number of hydrogen-bond acceptors (Lipinski definition) is 8. The van der Waals surface area contributed by atoms with Gasteiger partial charge in [-0.05, 0) is 69.2 Å². The van der Waals surface area contributed by atoms with Gasteiger partial charge in [-0.15, -0.1) is 22.7 Å². The van der Waals surface area contributed by atoms with Crippen LogP contribution in [0.3, 0.4) is 0 Å². The third kappa shape index (κ3) is 5.09. The zero-order valence-corrected chi connectivity index (χ0v) is 23.7. The molecule has 0 N–H and O–H groups in total. The van der Waals surface area contributed by atoms with Gasteiger partial charge in [0.2, 0.25) is 0 Å². The first-order valence-corrected chi connectivity index (χ1v) is 14.6. The number of esters is 1. The summed E-state index contributed by atoms with van der Waals surface area (Å²) in [4.78, 5) is 31.3. The second kappa shape index (κ2) is 9.33. The lowest BCUT2D eigenvalue weighted by atomic mass is 9.45. The molecule has 0 spiro atoms. The van der Waals surface area contributed by atoms with Crippen molar-refractivity contribution in [3.8, 4) is 0 Å². The molecule has 4 aliphatic rings. The molecule has 1 aliphatic heterocycles. The fourth-order valence-corrected chi connectivity index (χ4v) is 7.83. The van der Waals surface area contributed by atoms with Gasteiger partial charge >= 0.3 is 13.1 Å². The lowest BCUT2D eigenvalue weighted by molar-refractivity contribution is -0.185. The highest BCUT2D eigenvalue weighted by Crippen LogP contribution is 2.65. The summed E-state index contributed by atoms with van der Waals surface area (Å²) >= 11 is 3.03. The molecule has 3 saturated carbocycles. The van der Waals surface area contributed by atoms with Crippen molar-refractivity contribution >= 4 is 41.5 Å². The highest BCUT2D eigenvalue weighted by molar-refractivity contribution is 7.10. The molecule has 6 nitrogen and oxygen atoms in total. The Kier molecular flexibility index (Phi) is 6.76. The minimum Gasteiger partial charge on any atom is -0.455 e. The number of Topliss-reactive ketones (excluding diaryl/α,β-unsaturated/α-hetero) is 1. The molecule has 6 rings (SSSR count). The number of ether oxygens (including phenoxy) is 1. The number of thiazole rings is 1. The molecule has 1 unspecified atom stereocenters. The SMILES string of the molecule is CC(C)(C)OC(=O)c1csc(C[C@@H](CC(=O)Cc2cccs2)B2OC3[C@@H]4C[C@H](C[C@]3(C)O2)C4(C)C)n1. The fourth-order valence-electron chi connectivity index (χ4n) is 6.24. The van der Waals surface area contributed by atoms with E-state index < -0.39 is 18.7 Å². The van der Waals surface area contributed by atoms with E-state index in [9.17, 15) is 9.59 Å². The molecule has 0 aromatic carbocycles. The first kappa shape index (κ1) is 26.1. The first-order valence-electron chi connectivity index (χ1n) is 12.9. The topological polar surface area (TPSA) is 74.7 Å². The van der Waals surface area contributed by atoms with Crippen molar-refractivity contribution in [1.82, 2.24) is 4.98 Å². The average Bonchev–Trinajstić information content (AvgIpc) is 3.51. The summed E-state index contributed by atoms with van der Waals surface area (Å²) in [5.74, 6) is 0.706. The maximum atomic E-state index is 13.1. The molecule has 5 atom stereocenters. The van der Waals surface area contributed by atoms with Crippen LogP contribution in [0.5, 0.6) is 0 Å². The highest BCUT2D eigenvalue weighted by Gasteiger charge is 2.67. The van der Waals surface area contributed by atoms with Gasteiger partial charge in [0, 0.05) is 35.3 Å². The van der Waals surface area contributed by atoms with E-state index in [0.717, 1.165) is 16.3 Å². The molecule has 36 heavy (non-hydrogen) atoms. The standard InChI is InChI=1S/C27H36BNO5S2/c1-25(2,3)32-24(31)21-15-36-22(29-21)12-17(11-18(30)13-19-8-7-9-35-19)28-33-23-20-10-16(26(20,4)5)14-27(23,6)34-28/h7-9,15-17,20,23H,10-14H2,1-6H3/t16-,17-,20+,23?,27+/m1/s1. The Morgan fingerprint density at radius 1 is 1.28 bits per heavy atom. The van der Waals surface area contributed by atoms with E-state index in [0.29, 0.717) is 36.8 Å². The number of thiophene rings is 1. The minimum absolute atomic E-state index is 0.0472. The summed E-state index contributed by atoms with van der Waals surface area (Å²) in [5.41, 5.74) is -0.314. The van der Waals surface area contributed by atoms with Crippen LogP contribution in [-0.2, 0) is 31.7 Å². The summed E-state index contributed by atoms with van der Waals surface area (Å²) in [7, 11) is -0.462. The largest absolute Gasteiger partial charge is 0.461 e. The van der Waals surface area contributed by atoms with Gasteiger partial charge in [-0.1, -0.05) is 19.9 Å². The van der Waals surface area contributed by atoms with Crippen LogP contribution >= 0.6 is 22.7 Å². The van der Waals surface area contributed by atoms with Crippen molar-refractivity contribution in [3.63, 3.8) is 0 Å². The molecule has 3 aliphatic carbocycles. The number of ketones is 1. The number of nitrogens with zero attached hydrogens (tertiary/aromatic N) is 1. The van der Waals surface area contributed by atoms with Crippen molar-refractivity contribution in [2.75, 3.05) is 0 Å². The maximum absolute atomic E-state index is 13.1. The molecular formula is C27H36BNO5S2. The van der Waals surface area contributed by atoms with Crippen molar-refractivity contribution in [1.29, 1.82) is 0 Å². The van der Waals surface area contributed by atoms with Crippen LogP contribution in [0.4, 0.5) is 0 Å². The third-order valence-electron chi connectivity index (χ3n) is 8.25. The average molecular weight is 530 g/mol. The van der Waals surface area contributed by atoms with Crippen molar-refractivity contribution in [2.45, 2.75) is 96.8 Å². The van der Waals surface area contributed by atoms with E-state index in [-0.39, 0.29) is 28.7 Å². The Morgan fingerprint density at radius 2 is 2.06 bits per heavy atom. The van der Waals surface area contributed by atoms with Crippen LogP contribution in [0.15, 0.2) is 22.9 Å². The molecule has 1 saturated heterocycles. The summed E-state index contributed by atoms with van der Waals surface area (Å²) in [6, 6.07) is 3.97. The highest BCUT2D eigenvalue weighted by atomic mass is 32.1. The Bertz CT molecular complexity index is 1120. The summed E-state index contributed by atoms with van der Waals surface area (Å²) < 4.78 is 18.8. The molecule has 2 bridgehead atoms. The number of rotatable bonds is 8. The monoisotopic (exact) mass is 529 g/mol. The molecule has 0 amide bonds. The van der Waals surface area contributed by atoms with Gasteiger partial charge in [-0.2, -0.15) is 0 Å². The van der Waals surface area contributed by atoms with Gasteiger partial charge in [0.05, 0.1) is 16.7 Å². The Labute approximate surface area is 222 Å². The van der Waals surface area contributed by atoms with E-state index in [1.54, 1.807) is 16.7 Å². The fraction of sp³-hybridized carbons (Fsp3) is 0.667. The lowest BCUT2D eigenvalue weighted by Gasteiger charge is -2.63. The molecule has 3 heterocycles. The normalized spacial score (nSPS) is 29.4. The number of carbonyl (C=O) groups excluding carboxylic acids is 2. The zero-order chi connectivity index (χ0) is 25.9. The van der Waals surface area contributed by atoms with Crippen molar-refractivity contribution in [3.05, 3.63) is 38.5 Å². The molecule has 2 aromatic rings. The van der Waals surface area contributed by atoms with Gasteiger partial charge in [-0.3, -0.25) is 4.79 Å². The predicted molar refractivity (Wildman–Crippen MR) is 142 cm³/mol. The second-order valence-electron chi connectivity index (χ2n) is 12.5. The van der Waals surface area contributed by atoms with Crippen LogP contribution in [0.1, 0.15) is 81.2 Å².